The molecule has 0 radical (unpaired) electrons. The molecule has 0 amide bonds. The summed E-state index contributed by atoms with van der Waals surface area (Å²) in [5, 5.41) is 7.58. The van der Waals surface area contributed by atoms with Crippen LogP contribution < -0.4 is 9.30 Å². The van der Waals surface area contributed by atoms with Crippen molar-refractivity contribution in [2.45, 2.75) is 116 Å². The molecule has 3 heterocycles. The first-order valence-corrected chi connectivity index (χ1v) is 28.1. The summed E-state index contributed by atoms with van der Waals surface area (Å²) >= 11 is 0. The number of imidazole rings is 1. The number of nitrogens with zero attached hydrogens (tertiary/aromatic N) is 4. The average molecular weight is 1220 g/mol. The number of rotatable bonds is 7. The SMILES string of the molecule is CC(C)(C)c1ccnc(-n2c3[c-]c(Oc4[c-]c(-n5[c-][n+](-c6c(-c7cc8c9c(cccc9c7)C(C)(C)CC8(C)C)cccc6-c6cc7c8c(cccc8c6)C(C)(C)CC7(C)C)c6ccccc65)ccc4)ccc3c3ccccc32)c1.[Pt]. The summed E-state index contributed by atoms with van der Waals surface area (Å²) in [4.78, 5) is 4.91. The number of para-hydroxylation sites is 4. The van der Waals surface area contributed by atoms with E-state index in [2.05, 4.69) is 260 Å². The van der Waals surface area contributed by atoms with E-state index in [9.17, 15) is 0 Å². The van der Waals surface area contributed by atoms with Gasteiger partial charge in [0.1, 0.15) is 5.82 Å². The molecular formula is C74H66N4OPt-2. The molecule has 6 heteroatoms. The van der Waals surface area contributed by atoms with Crippen molar-refractivity contribution in [3.05, 3.63) is 222 Å². The molecular weight excluding hydrogens is 1160 g/mol. The van der Waals surface area contributed by atoms with E-state index in [0.717, 1.165) is 74.0 Å². The Kier molecular flexibility index (Phi) is 11.8. The smallest absolute Gasteiger partial charge is 0.268 e. The minimum Gasteiger partial charge on any atom is -0.510 e. The van der Waals surface area contributed by atoms with Crippen LogP contribution in [0.4, 0.5) is 0 Å². The number of fused-ring (bicyclic) bond motifs is 4. The van der Waals surface area contributed by atoms with Crippen LogP contribution in [0, 0.1) is 18.5 Å². The summed E-state index contributed by atoms with van der Waals surface area (Å²) in [6.45, 7) is 26.1. The fourth-order valence-electron chi connectivity index (χ4n) is 14.5. The molecule has 0 atom stereocenters. The maximum atomic E-state index is 6.79. The van der Waals surface area contributed by atoms with Crippen LogP contribution >= 0.6 is 0 Å². The van der Waals surface area contributed by atoms with Crippen molar-refractivity contribution in [1.29, 1.82) is 0 Å². The first-order chi connectivity index (χ1) is 37.7. The van der Waals surface area contributed by atoms with Gasteiger partial charge in [-0.15, -0.1) is 29.7 Å². The third-order valence-corrected chi connectivity index (χ3v) is 17.7. The molecule has 5 nitrogen and oxygen atoms in total. The Balaban J connectivity index is 0.00000605. The molecule has 0 aliphatic heterocycles. The van der Waals surface area contributed by atoms with E-state index in [1.807, 2.05) is 24.4 Å². The van der Waals surface area contributed by atoms with Gasteiger partial charge in [0.15, 0.2) is 0 Å². The van der Waals surface area contributed by atoms with Crippen molar-refractivity contribution in [2.75, 3.05) is 0 Å². The minimum atomic E-state index is -0.0443. The Morgan fingerprint density at radius 2 is 1.09 bits per heavy atom. The molecule has 0 unspecified atom stereocenters. The third-order valence-electron chi connectivity index (χ3n) is 17.7. The van der Waals surface area contributed by atoms with Gasteiger partial charge in [0.05, 0.1) is 16.7 Å². The summed E-state index contributed by atoms with van der Waals surface area (Å²) in [5.41, 5.74) is 17.5. The van der Waals surface area contributed by atoms with Gasteiger partial charge in [-0.2, -0.15) is 18.2 Å². The summed E-state index contributed by atoms with van der Waals surface area (Å²) in [6, 6.07) is 69.7. The van der Waals surface area contributed by atoms with Crippen molar-refractivity contribution >= 4 is 54.4 Å². The molecule has 0 fully saturated rings. The Morgan fingerprint density at radius 3 is 1.73 bits per heavy atom. The third kappa shape index (κ3) is 8.20. The van der Waals surface area contributed by atoms with E-state index in [4.69, 9.17) is 9.72 Å². The van der Waals surface area contributed by atoms with Crippen LogP contribution in [0.25, 0.3) is 93.8 Å². The van der Waals surface area contributed by atoms with Gasteiger partial charge in [0, 0.05) is 44.3 Å². The molecule has 0 N–H and O–H groups in total. The number of hydrogen-bond acceptors (Lipinski definition) is 2. The summed E-state index contributed by atoms with van der Waals surface area (Å²) in [6.07, 6.45) is 8.00. The van der Waals surface area contributed by atoms with E-state index in [1.54, 1.807) is 0 Å². The summed E-state index contributed by atoms with van der Waals surface area (Å²) in [7, 11) is 0. The maximum absolute atomic E-state index is 6.79. The molecule has 0 saturated carbocycles. The van der Waals surface area contributed by atoms with Crippen LogP contribution in [0.1, 0.15) is 117 Å². The number of hydrogen-bond donors (Lipinski definition) is 0. The zero-order valence-corrected chi connectivity index (χ0v) is 49.9. The van der Waals surface area contributed by atoms with Crippen LogP contribution in [-0.4, -0.2) is 14.1 Å². The average Bonchev–Trinajstić information content (AvgIpc) is 4.09. The van der Waals surface area contributed by atoms with Gasteiger partial charge in [-0.3, -0.25) is 4.57 Å². The van der Waals surface area contributed by atoms with Gasteiger partial charge in [-0.25, -0.2) is 4.98 Å². The largest absolute Gasteiger partial charge is 0.510 e. The van der Waals surface area contributed by atoms with E-state index in [1.165, 1.54) is 60.5 Å². The fourth-order valence-corrected chi connectivity index (χ4v) is 14.5. The second-order valence-corrected chi connectivity index (χ2v) is 26.3. The molecule has 9 aromatic carbocycles. The van der Waals surface area contributed by atoms with Crippen LogP contribution in [0.3, 0.4) is 0 Å². The normalized spacial score (nSPS) is 15.9. The maximum Gasteiger partial charge on any atom is 0.268 e. The van der Waals surface area contributed by atoms with Crippen LogP contribution in [0.2, 0.25) is 0 Å². The van der Waals surface area contributed by atoms with E-state index in [-0.39, 0.29) is 48.1 Å². The number of ether oxygens (including phenoxy) is 1. The quantitative estimate of drug-likeness (QED) is 0.118. The number of benzene rings is 9. The Bertz CT molecular complexity index is 4380. The first-order valence-electron chi connectivity index (χ1n) is 28.1. The molecule has 2 aliphatic rings. The first kappa shape index (κ1) is 51.8. The zero-order chi connectivity index (χ0) is 54.5. The second kappa shape index (κ2) is 18.2. The Morgan fingerprint density at radius 1 is 0.525 bits per heavy atom. The topological polar surface area (TPSA) is 35.9 Å². The number of aromatic nitrogens is 4. The van der Waals surface area contributed by atoms with Gasteiger partial charge in [0.25, 0.3) is 6.33 Å². The standard InChI is InChI=1S/C74H66N4O.Pt/c1-70(2,3)50-34-35-75-66(40-50)78-62-29-13-12-24-56(62)57-33-32-53(42-65(57)78)79-52-23-18-22-51(41-52)76-45-77(64-31-15-14-30-63(64)76)69-54(48-36-46-20-16-27-58-67(46)60(38-48)73(8,9)43-71(58,4)5)25-19-26-55(69)49-37-47-21-17-28-59-68(47)61(39-49)74(10,11)44-72(59,6)7;/h12-40H,43-44H2,1-11H3;/q-2;. The molecule has 400 valence electrons. The van der Waals surface area contributed by atoms with E-state index in [0.29, 0.717) is 11.5 Å². The van der Waals surface area contributed by atoms with Crippen LogP contribution in [0.5, 0.6) is 11.5 Å². The van der Waals surface area contributed by atoms with Gasteiger partial charge in [0.2, 0.25) is 0 Å². The molecule has 0 saturated heterocycles. The molecule has 0 bridgehead atoms. The minimum absolute atomic E-state index is 0. The fraction of sp³-hybridized carbons (Fsp3) is 0.243. The molecule has 3 aromatic heterocycles. The van der Waals surface area contributed by atoms with Crippen LogP contribution in [-0.2, 0) is 48.1 Å². The monoisotopic (exact) mass is 1220 g/mol. The van der Waals surface area contributed by atoms with Crippen molar-refractivity contribution in [3.8, 4) is 50.9 Å². The molecule has 12 aromatic rings. The second-order valence-electron chi connectivity index (χ2n) is 26.3. The van der Waals surface area contributed by atoms with Crippen molar-refractivity contribution in [3.63, 3.8) is 0 Å². The van der Waals surface area contributed by atoms with E-state index >= 15 is 0 Å². The van der Waals surface area contributed by atoms with Crippen molar-refractivity contribution < 1.29 is 30.4 Å². The molecule has 0 spiro atoms. The van der Waals surface area contributed by atoms with Crippen molar-refractivity contribution in [1.82, 2.24) is 14.1 Å². The van der Waals surface area contributed by atoms with Crippen molar-refractivity contribution in [2.24, 2.45) is 0 Å². The Hall–Kier alpha value is -7.59. The van der Waals surface area contributed by atoms with Crippen LogP contribution in [0.15, 0.2) is 176 Å². The summed E-state index contributed by atoms with van der Waals surface area (Å²) in [5.74, 6) is 2.02. The van der Waals surface area contributed by atoms with E-state index < -0.39 is 0 Å². The summed E-state index contributed by atoms with van der Waals surface area (Å²) < 4.78 is 13.5. The van der Waals surface area contributed by atoms with Gasteiger partial charge in [-0.1, -0.05) is 191 Å². The predicted octanol–water partition coefficient (Wildman–Crippen LogP) is 18.4. The number of pyridine rings is 1. The van der Waals surface area contributed by atoms with Gasteiger partial charge >= 0.3 is 0 Å². The molecule has 14 rings (SSSR count). The van der Waals surface area contributed by atoms with Gasteiger partial charge < -0.3 is 13.9 Å². The Labute approximate surface area is 485 Å². The predicted molar refractivity (Wildman–Crippen MR) is 326 cm³/mol. The molecule has 2 aliphatic carbocycles. The van der Waals surface area contributed by atoms with Gasteiger partial charge in [-0.05, 0) is 153 Å². The zero-order valence-electron chi connectivity index (χ0n) is 47.7. The molecule has 80 heavy (non-hydrogen) atoms.